The molecule has 0 saturated carbocycles. The van der Waals surface area contributed by atoms with Crippen molar-refractivity contribution in [2.45, 2.75) is 13.8 Å². The number of rotatable bonds is 5. The van der Waals surface area contributed by atoms with Gasteiger partial charge in [-0.1, -0.05) is 41.9 Å². The van der Waals surface area contributed by atoms with Crippen LogP contribution in [-0.2, 0) is 4.79 Å². The number of para-hydroxylation sites is 1. The molecule has 6 nitrogen and oxygen atoms in total. The Labute approximate surface area is 192 Å². The van der Waals surface area contributed by atoms with Crippen molar-refractivity contribution in [3.63, 3.8) is 0 Å². The highest BCUT2D eigenvalue weighted by Crippen LogP contribution is 2.29. The summed E-state index contributed by atoms with van der Waals surface area (Å²) in [6, 6.07) is 16.8. The Kier molecular flexibility index (Phi) is 6.63. The number of hydrogen-bond acceptors (Lipinski definition) is 4. The van der Waals surface area contributed by atoms with Crippen molar-refractivity contribution in [2.75, 3.05) is 38.0 Å². The summed E-state index contributed by atoms with van der Waals surface area (Å²) < 4.78 is 5.79. The van der Waals surface area contributed by atoms with Crippen LogP contribution in [-0.4, -0.2) is 54.3 Å². The van der Waals surface area contributed by atoms with Crippen molar-refractivity contribution in [1.82, 2.24) is 9.80 Å². The molecule has 0 radical (unpaired) electrons. The Morgan fingerprint density at radius 2 is 1.62 bits per heavy atom. The van der Waals surface area contributed by atoms with E-state index >= 15 is 0 Å². The lowest BCUT2D eigenvalue weighted by molar-refractivity contribution is -0.117. The average molecular weight is 452 g/mol. The Morgan fingerprint density at radius 3 is 2.31 bits per heavy atom. The van der Waals surface area contributed by atoms with E-state index in [0.717, 1.165) is 22.4 Å². The zero-order valence-electron chi connectivity index (χ0n) is 18.2. The van der Waals surface area contributed by atoms with Gasteiger partial charge < -0.3 is 14.6 Å². The molecule has 166 valence electrons. The lowest BCUT2D eigenvalue weighted by Crippen LogP contribution is -2.50. The number of halogens is 1. The molecule has 0 unspecified atom stereocenters. The molecule has 3 aromatic rings. The van der Waals surface area contributed by atoms with Crippen LogP contribution in [0, 0.1) is 13.8 Å². The van der Waals surface area contributed by atoms with Crippen LogP contribution in [0.4, 0.5) is 5.69 Å². The first kappa shape index (κ1) is 22.1. The van der Waals surface area contributed by atoms with Gasteiger partial charge in [0.1, 0.15) is 5.76 Å². The second kappa shape index (κ2) is 9.59. The normalized spacial score (nSPS) is 14.4. The number of piperazine rings is 1. The standard InChI is InChI=1S/C25H26ClN3O3/c1-17-6-5-7-18(2)24(17)27-23(30)16-28-12-14-29(15-13-28)25(31)22-11-10-21(32-22)19-8-3-4-9-20(19)26/h3-11H,12-16H2,1-2H3,(H,27,30). The highest BCUT2D eigenvalue weighted by Gasteiger charge is 2.25. The number of hydrogen-bond donors (Lipinski definition) is 1. The van der Waals surface area contributed by atoms with Gasteiger partial charge in [-0.25, -0.2) is 0 Å². The molecule has 0 spiro atoms. The molecule has 1 saturated heterocycles. The molecule has 7 heteroatoms. The Balaban J connectivity index is 1.31. The first-order valence-electron chi connectivity index (χ1n) is 10.6. The molecule has 1 fully saturated rings. The maximum absolute atomic E-state index is 12.9. The smallest absolute Gasteiger partial charge is 0.289 e. The zero-order chi connectivity index (χ0) is 22.7. The van der Waals surface area contributed by atoms with Crippen LogP contribution in [0.25, 0.3) is 11.3 Å². The van der Waals surface area contributed by atoms with Crippen molar-refractivity contribution >= 4 is 29.1 Å². The second-order valence-electron chi connectivity index (χ2n) is 8.03. The first-order valence-corrected chi connectivity index (χ1v) is 11.0. The quantitative estimate of drug-likeness (QED) is 0.615. The summed E-state index contributed by atoms with van der Waals surface area (Å²) >= 11 is 6.23. The summed E-state index contributed by atoms with van der Waals surface area (Å²) in [6.45, 7) is 6.61. The molecule has 1 aliphatic rings. The van der Waals surface area contributed by atoms with Gasteiger partial charge in [-0.3, -0.25) is 14.5 Å². The fourth-order valence-corrected chi connectivity index (χ4v) is 4.15. The Morgan fingerprint density at radius 1 is 0.938 bits per heavy atom. The predicted molar refractivity (Wildman–Crippen MR) is 126 cm³/mol. The summed E-state index contributed by atoms with van der Waals surface area (Å²) in [5.41, 5.74) is 3.72. The van der Waals surface area contributed by atoms with E-state index < -0.39 is 0 Å². The number of anilines is 1. The highest BCUT2D eigenvalue weighted by molar-refractivity contribution is 6.33. The molecular formula is C25H26ClN3O3. The van der Waals surface area contributed by atoms with Crippen molar-refractivity contribution in [1.29, 1.82) is 0 Å². The van der Waals surface area contributed by atoms with Crippen molar-refractivity contribution in [3.8, 4) is 11.3 Å². The van der Waals surface area contributed by atoms with Crippen molar-refractivity contribution in [2.24, 2.45) is 0 Å². The minimum atomic E-state index is -0.150. The molecule has 0 atom stereocenters. The molecule has 0 bridgehead atoms. The Bertz CT molecular complexity index is 1110. The summed E-state index contributed by atoms with van der Waals surface area (Å²) in [6.07, 6.45) is 0. The predicted octanol–water partition coefficient (Wildman–Crippen LogP) is 4.61. The number of nitrogens with zero attached hydrogens (tertiary/aromatic N) is 2. The van der Waals surface area contributed by atoms with Crippen LogP contribution in [0.5, 0.6) is 0 Å². The first-order chi connectivity index (χ1) is 15.4. The number of carbonyl (C=O) groups is 2. The maximum Gasteiger partial charge on any atom is 0.289 e. The molecule has 4 rings (SSSR count). The van der Waals surface area contributed by atoms with E-state index in [1.54, 1.807) is 23.1 Å². The lowest BCUT2D eigenvalue weighted by atomic mass is 10.1. The highest BCUT2D eigenvalue weighted by atomic mass is 35.5. The fourth-order valence-electron chi connectivity index (χ4n) is 3.92. The van der Waals surface area contributed by atoms with Gasteiger partial charge in [-0.2, -0.15) is 0 Å². The number of benzene rings is 2. The lowest BCUT2D eigenvalue weighted by Gasteiger charge is -2.33. The number of carbonyl (C=O) groups excluding carboxylic acids is 2. The molecule has 2 aromatic carbocycles. The van der Waals surface area contributed by atoms with E-state index in [1.807, 2.05) is 50.2 Å². The topological polar surface area (TPSA) is 65.8 Å². The third-order valence-corrected chi connectivity index (χ3v) is 6.06. The summed E-state index contributed by atoms with van der Waals surface area (Å²) in [7, 11) is 0. The third kappa shape index (κ3) is 4.87. The number of amides is 2. The van der Waals surface area contributed by atoms with Crippen molar-refractivity contribution in [3.05, 3.63) is 76.5 Å². The number of furan rings is 1. The van der Waals surface area contributed by atoms with Gasteiger partial charge in [0.25, 0.3) is 5.91 Å². The molecule has 0 aliphatic carbocycles. The van der Waals surface area contributed by atoms with Gasteiger partial charge in [-0.05, 0) is 49.2 Å². The monoisotopic (exact) mass is 451 g/mol. The van der Waals surface area contributed by atoms with Crippen LogP contribution < -0.4 is 5.32 Å². The van der Waals surface area contributed by atoms with E-state index in [4.69, 9.17) is 16.0 Å². The van der Waals surface area contributed by atoms with Gasteiger partial charge in [0.15, 0.2) is 5.76 Å². The fraction of sp³-hybridized carbons (Fsp3) is 0.280. The van der Waals surface area contributed by atoms with E-state index in [0.29, 0.717) is 49.3 Å². The van der Waals surface area contributed by atoms with E-state index in [-0.39, 0.29) is 11.8 Å². The molecule has 2 amide bonds. The van der Waals surface area contributed by atoms with Crippen molar-refractivity contribution < 1.29 is 14.0 Å². The maximum atomic E-state index is 12.9. The SMILES string of the molecule is Cc1cccc(C)c1NC(=O)CN1CCN(C(=O)c2ccc(-c3ccccc3Cl)o2)CC1. The van der Waals surface area contributed by atoms with Crippen LogP contribution >= 0.6 is 11.6 Å². The molecule has 1 aromatic heterocycles. The van der Waals surface area contributed by atoms with Crippen LogP contribution in [0.1, 0.15) is 21.7 Å². The van der Waals surface area contributed by atoms with Crippen LogP contribution in [0.2, 0.25) is 5.02 Å². The molecule has 1 N–H and O–H groups in total. The number of nitrogens with one attached hydrogen (secondary N) is 1. The largest absolute Gasteiger partial charge is 0.451 e. The Hall–Kier alpha value is -3.09. The number of aryl methyl sites for hydroxylation is 2. The minimum Gasteiger partial charge on any atom is -0.451 e. The van der Waals surface area contributed by atoms with Gasteiger partial charge >= 0.3 is 0 Å². The van der Waals surface area contributed by atoms with Gasteiger partial charge in [0.2, 0.25) is 5.91 Å². The van der Waals surface area contributed by atoms with E-state index in [9.17, 15) is 9.59 Å². The molecular weight excluding hydrogens is 426 g/mol. The summed E-state index contributed by atoms with van der Waals surface area (Å²) in [5, 5.41) is 3.60. The van der Waals surface area contributed by atoms with Crippen LogP contribution in [0.15, 0.2) is 59.0 Å². The molecule has 32 heavy (non-hydrogen) atoms. The summed E-state index contributed by atoms with van der Waals surface area (Å²) in [4.78, 5) is 29.2. The molecule has 2 heterocycles. The van der Waals surface area contributed by atoms with E-state index in [2.05, 4.69) is 10.2 Å². The second-order valence-corrected chi connectivity index (χ2v) is 8.43. The molecule has 1 aliphatic heterocycles. The van der Waals surface area contributed by atoms with Gasteiger partial charge in [0, 0.05) is 37.4 Å². The zero-order valence-corrected chi connectivity index (χ0v) is 19.0. The third-order valence-electron chi connectivity index (χ3n) is 5.73. The minimum absolute atomic E-state index is 0.0439. The van der Waals surface area contributed by atoms with Crippen LogP contribution in [0.3, 0.4) is 0 Å². The average Bonchev–Trinajstić information content (AvgIpc) is 3.27. The van der Waals surface area contributed by atoms with Gasteiger partial charge in [0.05, 0.1) is 11.6 Å². The van der Waals surface area contributed by atoms with E-state index in [1.165, 1.54) is 0 Å². The summed E-state index contributed by atoms with van der Waals surface area (Å²) in [5.74, 6) is 0.669. The van der Waals surface area contributed by atoms with Gasteiger partial charge in [-0.15, -0.1) is 0 Å².